The number of likely N-dealkylation sites (N-methyl/N-ethyl adjacent to an activating group) is 1. The molecule has 4 nitrogen and oxygen atoms in total. The third-order valence-electron chi connectivity index (χ3n) is 1.92. The Labute approximate surface area is 59.9 Å². The molecule has 2 N–H and O–H groups in total. The Kier molecular flexibility index (Phi) is 2.24. The number of amides is 1. The van der Waals surface area contributed by atoms with Gasteiger partial charge in [-0.05, 0) is 6.42 Å². The van der Waals surface area contributed by atoms with E-state index in [0.717, 1.165) is 6.42 Å². The van der Waals surface area contributed by atoms with Gasteiger partial charge in [0.05, 0.1) is 12.6 Å². The zero-order valence-corrected chi connectivity index (χ0v) is 6.04. The average molecular weight is 144 g/mol. The first-order chi connectivity index (χ1) is 4.75. The van der Waals surface area contributed by atoms with Gasteiger partial charge in [-0.15, -0.1) is 0 Å². The van der Waals surface area contributed by atoms with Crippen molar-refractivity contribution in [1.82, 2.24) is 4.90 Å². The van der Waals surface area contributed by atoms with Crippen LogP contribution in [-0.4, -0.2) is 30.5 Å². The van der Waals surface area contributed by atoms with Gasteiger partial charge >= 0.3 is 0 Å². The molecule has 0 aromatic heterocycles. The number of carbonyl (C=O) groups is 1. The lowest BCUT2D eigenvalue weighted by atomic mass is 10.2. The Morgan fingerprint density at radius 2 is 2.60 bits per heavy atom. The minimum absolute atomic E-state index is 0.182. The smallest absolute Gasteiger partial charge is 0.222 e. The zero-order chi connectivity index (χ0) is 7.56. The molecule has 1 rings (SSSR count). The summed E-state index contributed by atoms with van der Waals surface area (Å²) in [6.07, 6.45) is 1.50. The van der Waals surface area contributed by atoms with Gasteiger partial charge in [-0.3, -0.25) is 4.79 Å². The minimum atomic E-state index is 0.182. The molecule has 0 radical (unpaired) electrons. The lowest BCUT2D eigenvalue weighted by molar-refractivity contribution is -0.128. The van der Waals surface area contributed by atoms with Crippen molar-refractivity contribution in [2.45, 2.75) is 18.9 Å². The molecule has 4 heteroatoms. The molecule has 1 heterocycles. The van der Waals surface area contributed by atoms with Gasteiger partial charge in [0, 0.05) is 13.5 Å². The van der Waals surface area contributed by atoms with Crippen LogP contribution < -0.4 is 5.90 Å². The van der Waals surface area contributed by atoms with E-state index < -0.39 is 0 Å². The van der Waals surface area contributed by atoms with Crippen LogP contribution in [0, 0.1) is 0 Å². The Morgan fingerprint density at radius 3 is 3.00 bits per heavy atom. The van der Waals surface area contributed by atoms with Crippen molar-refractivity contribution in [3.05, 3.63) is 0 Å². The van der Waals surface area contributed by atoms with Crippen LogP contribution in [0.1, 0.15) is 12.8 Å². The fourth-order valence-corrected chi connectivity index (χ4v) is 1.17. The molecule has 58 valence electrons. The van der Waals surface area contributed by atoms with E-state index in [0.29, 0.717) is 13.0 Å². The Bertz CT molecular complexity index is 138. The van der Waals surface area contributed by atoms with Crippen molar-refractivity contribution < 1.29 is 9.63 Å². The first-order valence-corrected chi connectivity index (χ1v) is 3.33. The minimum Gasteiger partial charge on any atom is -0.340 e. The summed E-state index contributed by atoms with van der Waals surface area (Å²) < 4.78 is 0. The van der Waals surface area contributed by atoms with Gasteiger partial charge in [-0.2, -0.15) is 0 Å². The third kappa shape index (κ3) is 1.27. The molecular weight excluding hydrogens is 132 g/mol. The lowest BCUT2D eigenvalue weighted by Crippen LogP contribution is -2.33. The fraction of sp³-hybridized carbons (Fsp3) is 0.833. The summed E-state index contributed by atoms with van der Waals surface area (Å²) in [5, 5.41) is 0. The van der Waals surface area contributed by atoms with Crippen LogP contribution in [0.25, 0.3) is 0 Å². The van der Waals surface area contributed by atoms with Gasteiger partial charge in [0.15, 0.2) is 0 Å². The normalized spacial score (nSPS) is 26.0. The largest absolute Gasteiger partial charge is 0.340 e. The Hall–Kier alpha value is -0.610. The number of likely N-dealkylation sites (tertiary alicyclic amines) is 1. The summed E-state index contributed by atoms with van der Waals surface area (Å²) in [4.78, 5) is 17.0. The van der Waals surface area contributed by atoms with E-state index in [1.807, 2.05) is 0 Å². The fourth-order valence-electron chi connectivity index (χ4n) is 1.17. The van der Waals surface area contributed by atoms with Gasteiger partial charge in [-0.25, -0.2) is 5.90 Å². The predicted molar refractivity (Wildman–Crippen MR) is 35.9 cm³/mol. The van der Waals surface area contributed by atoms with E-state index in [1.54, 1.807) is 11.9 Å². The van der Waals surface area contributed by atoms with E-state index >= 15 is 0 Å². The highest BCUT2D eigenvalue weighted by atomic mass is 16.6. The molecule has 1 aliphatic rings. The summed E-state index contributed by atoms with van der Waals surface area (Å²) >= 11 is 0. The number of carbonyl (C=O) groups excluding carboxylic acids is 1. The van der Waals surface area contributed by atoms with E-state index in [1.165, 1.54) is 0 Å². The van der Waals surface area contributed by atoms with Crippen LogP contribution in [0.5, 0.6) is 0 Å². The molecule has 1 saturated heterocycles. The predicted octanol–water partition coefficient (Wildman–Crippen LogP) is -0.502. The van der Waals surface area contributed by atoms with Crippen LogP contribution in [0.4, 0.5) is 0 Å². The number of hydrogen-bond donors (Lipinski definition) is 1. The highest BCUT2D eigenvalue weighted by Crippen LogP contribution is 2.15. The van der Waals surface area contributed by atoms with Crippen molar-refractivity contribution >= 4 is 5.91 Å². The number of rotatable bonds is 2. The molecule has 1 amide bonds. The second-order valence-electron chi connectivity index (χ2n) is 2.53. The van der Waals surface area contributed by atoms with Crippen LogP contribution in [0.2, 0.25) is 0 Å². The van der Waals surface area contributed by atoms with Crippen molar-refractivity contribution in [1.29, 1.82) is 0 Å². The summed E-state index contributed by atoms with van der Waals surface area (Å²) in [5.74, 6) is 5.06. The number of nitrogens with zero attached hydrogens (tertiary/aromatic N) is 1. The summed E-state index contributed by atoms with van der Waals surface area (Å²) in [6.45, 7) is 0.447. The second-order valence-corrected chi connectivity index (χ2v) is 2.53. The molecule has 0 aliphatic carbocycles. The van der Waals surface area contributed by atoms with Gasteiger partial charge in [0.2, 0.25) is 5.91 Å². The lowest BCUT2D eigenvalue weighted by Gasteiger charge is -2.17. The van der Waals surface area contributed by atoms with Crippen molar-refractivity contribution in [2.75, 3.05) is 13.7 Å². The third-order valence-corrected chi connectivity index (χ3v) is 1.92. The topological polar surface area (TPSA) is 55.6 Å². The maximum atomic E-state index is 10.9. The Balaban J connectivity index is 2.41. The quantitative estimate of drug-likeness (QED) is 0.531. The summed E-state index contributed by atoms with van der Waals surface area (Å²) in [7, 11) is 1.78. The van der Waals surface area contributed by atoms with Crippen molar-refractivity contribution in [3.63, 3.8) is 0 Å². The van der Waals surface area contributed by atoms with Crippen LogP contribution >= 0.6 is 0 Å². The average Bonchev–Trinajstić information content (AvgIpc) is 2.20. The first kappa shape index (κ1) is 7.50. The molecule has 0 aromatic carbocycles. The van der Waals surface area contributed by atoms with Crippen LogP contribution in [0.15, 0.2) is 0 Å². The molecule has 0 unspecified atom stereocenters. The van der Waals surface area contributed by atoms with Gasteiger partial charge in [0.1, 0.15) is 0 Å². The monoisotopic (exact) mass is 144 g/mol. The number of hydrogen-bond acceptors (Lipinski definition) is 3. The van der Waals surface area contributed by atoms with Crippen molar-refractivity contribution in [2.24, 2.45) is 5.90 Å². The van der Waals surface area contributed by atoms with E-state index in [9.17, 15) is 4.79 Å². The zero-order valence-electron chi connectivity index (χ0n) is 6.04. The van der Waals surface area contributed by atoms with Gasteiger partial charge < -0.3 is 9.74 Å². The number of nitrogens with two attached hydrogens (primary N) is 1. The molecule has 0 saturated carbocycles. The van der Waals surface area contributed by atoms with E-state index in [-0.39, 0.29) is 11.9 Å². The second kappa shape index (κ2) is 2.98. The maximum absolute atomic E-state index is 10.9. The highest BCUT2D eigenvalue weighted by molar-refractivity contribution is 5.78. The molecule has 1 fully saturated rings. The first-order valence-electron chi connectivity index (χ1n) is 3.33. The molecule has 0 aromatic rings. The van der Waals surface area contributed by atoms with E-state index in [4.69, 9.17) is 5.90 Å². The molecule has 1 atom stereocenters. The Morgan fingerprint density at radius 1 is 1.90 bits per heavy atom. The highest BCUT2D eigenvalue weighted by Gasteiger charge is 2.27. The molecule has 10 heavy (non-hydrogen) atoms. The maximum Gasteiger partial charge on any atom is 0.222 e. The van der Waals surface area contributed by atoms with Gasteiger partial charge in [0.25, 0.3) is 0 Å². The van der Waals surface area contributed by atoms with E-state index in [2.05, 4.69) is 4.84 Å². The summed E-state index contributed by atoms with van der Waals surface area (Å²) in [6, 6.07) is 0.192. The van der Waals surface area contributed by atoms with Crippen LogP contribution in [-0.2, 0) is 9.63 Å². The summed E-state index contributed by atoms with van der Waals surface area (Å²) in [5.41, 5.74) is 0. The molecule has 1 aliphatic heterocycles. The van der Waals surface area contributed by atoms with Gasteiger partial charge in [-0.1, -0.05) is 0 Å². The molecular formula is C6H12N2O2. The van der Waals surface area contributed by atoms with Crippen molar-refractivity contribution in [3.8, 4) is 0 Å². The SMILES string of the molecule is CN1C(=O)CC[C@H]1CON. The van der Waals surface area contributed by atoms with Crippen LogP contribution in [0.3, 0.4) is 0 Å². The molecule has 0 bridgehead atoms. The standard InChI is InChI=1S/C6H12N2O2/c1-8-5(4-10-7)2-3-6(8)9/h5H,2-4,7H2,1H3/t5-/m0/s1. The molecule has 0 spiro atoms.